The van der Waals surface area contributed by atoms with Crippen molar-refractivity contribution in [3.63, 3.8) is 0 Å². The first-order chi connectivity index (χ1) is 10.1. The fourth-order valence-corrected chi connectivity index (χ4v) is 2.84. The Hall–Kier alpha value is -1.34. The molecule has 3 atom stereocenters. The highest BCUT2D eigenvalue weighted by Gasteiger charge is 2.35. The molecule has 0 aliphatic carbocycles. The highest BCUT2D eigenvalue weighted by molar-refractivity contribution is 5.82. The van der Waals surface area contributed by atoms with Crippen LogP contribution in [0, 0.1) is 5.92 Å². The average Bonchev–Trinajstić information content (AvgIpc) is 2.52. The maximum atomic E-state index is 12.2. The summed E-state index contributed by atoms with van der Waals surface area (Å²) in [5.41, 5.74) is 0. The van der Waals surface area contributed by atoms with Gasteiger partial charge in [0.05, 0.1) is 25.9 Å². The molecule has 2 N–H and O–H groups in total. The average molecular weight is 300 g/mol. The summed E-state index contributed by atoms with van der Waals surface area (Å²) in [6.45, 7) is 4.46. The summed E-state index contributed by atoms with van der Waals surface area (Å²) in [5, 5.41) is 12.1. The molecule has 7 heteroatoms. The van der Waals surface area contributed by atoms with E-state index in [0.29, 0.717) is 45.2 Å². The lowest BCUT2D eigenvalue weighted by molar-refractivity contribution is -0.144. The predicted octanol–water partition coefficient (Wildman–Crippen LogP) is 0.687. The molecule has 3 unspecified atom stereocenters. The minimum atomic E-state index is -0.930. The number of urea groups is 1. The fraction of sp³-hybridized carbons (Fsp3) is 0.857. The summed E-state index contributed by atoms with van der Waals surface area (Å²) in [7, 11) is 0. The summed E-state index contributed by atoms with van der Waals surface area (Å²) in [6.07, 6.45) is 2.19. The van der Waals surface area contributed by atoms with Crippen molar-refractivity contribution < 1.29 is 24.2 Å². The molecule has 0 spiro atoms. The second kappa shape index (κ2) is 7.61. The SMILES string of the molecule is CCC1CCN(C(=O)NCC2COCCO2)C(C(=O)O)C1. The standard InChI is InChI=1S/C14H24N2O5/c1-2-10-3-4-16(12(7-10)13(17)18)14(19)15-8-11-9-20-5-6-21-11/h10-12H,2-9H2,1H3,(H,15,19)(H,17,18). The Kier molecular flexibility index (Phi) is 5.81. The van der Waals surface area contributed by atoms with Gasteiger partial charge < -0.3 is 24.8 Å². The molecule has 2 heterocycles. The van der Waals surface area contributed by atoms with Crippen LogP contribution in [0.5, 0.6) is 0 Å². The highest BCUT2D eigenvalue weighted by Crippen LogP contribution is 2.25. The van der Waals surface area contributed by atoms with E-state index >= 15 is 0 Å². The van der Waals surface area contributed by atoms with Gasteiger partial charge >= 0.3 is 12.0 Å². The zero-order valence-electron chi connectivity index (χ0n) is 12.4. The highest BCUT2D eigenvalue weighted by atomic mass is 16.6. The number of hydrogen-bond donors (Lipinski definition) is 2. The summed E-state index contributed by atoms with van der Waals surface area (Å²) in [4.78, 5) is 25.0. The second-order valence-electron chi connectivity index (χ2n) is 5.60. The Morgan fingerprint density at radius 1 is 1.38 bits per heavy atom. The molecule has 2 amide bonds. The van der Waals surface area contributed by atoms with E-state index in [2.05, 4.69) is 12.2 Å². The van der Waals surface area contributed by atoms with E-state index in [4.69, 9.17) is 9.47 Å². The number of amides is 2. The van der Waals surface area contributed by atoms with E-state index in [1.165, 1.54) is 4.90 Å². The first kappa shape index (κ1) is 16.0. The van der Waals surface area contributed by atoms with Crippen molar-refractivity contribution >= 4 is 12.0 Å². The summed E-state index contributed by atoms with van der Waals surface area (Å²) < 4.78 is 10.7. The number of aliphatic carboxylic acids is 1. The van der Waals surface area contributed by atoms with Crippen molar-refractivity contribution in [2.24, 2.45) is 5.92 Å². The Morgan fingerprint density at radius 3 is 2.81 bits per heavy atom. The quantitative estimate of drug-likeness (QED) is 0.797. The largest absolute Gasteiger partial charge is 0.480 e. The van der Waals surface area contributed by atoms with Crippen LogP contribution < -0.4 is 5.32 Å². The van der Waals surface area contributed by atoms with Crippen LogP contribution in [-0.2, 0) is 14.3 Å². The Balaban J connectivity index is 1.85. The van der Waals surface area contributed by atoms with Gasteiger partial charge in [0.25, 0.3) is 0 Å². The van der Waals surface area contributed by atoms with Gasteiger partial charge in [-0.15, -0.1) is 0 Å². The molecule has 2 saturated heterocycles. The lowest BCUT2D eigenvalue weighted by atomic mass is 9.89. The Morgan fingerprint density at radius 2 is 2.19 bits per heavy atom. The number of carbonyl (C=O) groups excluding carboxylic acids is 1. The van der Waals surface area contributed by atoms with Crippen LogP contribution >= 0.6 is 0 Å². The third-order valence-electron chi connectivity index (χ3n) is 4.20. The summed E-state index contributed by atoms with van der Waals surface area (Å²) in [6, 6.07) is -1.06. The summed E-state index contributed by atoms with van der Waals surface area (Å²) >= 11 is 0. The van der Waals surface area contributed by atoms with Crippen LogP contribution in [-0.4, -0.2) is 67.1 Å². The van der Waals surface area contributed by atoms with E-state index in [0.717, 1.165) is 12.8 Å². The molecular formula is C14H24N2O5. The molecule has 7 nitrogen and oxygen atoms in total. The topological polar surface area (TPSA) is 88.1 Å². The molecule has 120 valence electrons. The number of ether oxygens (including phenoxy) is 2. The van der Waals surface area contributed by atoms with Crippen LogP contribution in [0.1, 0.15) is 26.2 Å². The van der Waals surface area contributed by atoms with E-state index in [-0.39, 0.29) is 12.1 Å². The van der Waals surface area contributed by atoms with Gasteiger partial charge in [0, 0.05) is 13.1 Å². The lowest BCUT2D eigenvalue weighted by Crippen LogP contribution is -2.54. The molecule has 2 aliphatic rings. The van der Waals surface area contributed by atoms with E-state index in [1.807, 2.05) is 0 Å². The van der Waals surface area contributed by atoms with Crippen molar-refractivity contribution in [1.82, 2.24) is 10.2 Å². The Bertz CT molecular complexity index is 370. The number of likely N-dealkylation sites (tertiary alicyclic amines) is 1. The number of nitrogens with zero attached hydrogens (tertiary/aromatic N) is 1. The van der Waals surface area contributed by atoms with Crippen LogP contribution in [0.3, 0.4) is 0 Å². The summed E-state index contributed by atoms with van der Waals surface area (Å²) in [5.74, 6) is -0.550. The van der Waals surface area contributed by atoms with Gasteiger partial charge in [-0.25, -0.2) is 9.59 Å². The number of hydrogen-bond acceptors (Lipinski definition) is 4. The van der Waals surface area contributed by atoms with Crippen LogP contribution in [0.15, 0.2) is 0 Å². The number of rotatable bonds is 4. The second-order valence-corrected chi connectivity index (χ2v) is 5.60. The van der Waals surface area contributed by atoms with Crippen molar-refractivity contribution in [3.8, 4) is 0 Å². The predicted molar refractivity (Wildman–Crippen MR) is 75.1 cm³/mol. The monoisotopic (exact) mass is 300 g/mol. The van der Waals surface area contributed by atoms with Crippen molar-refractivity contribution in [1.29, 1.82) is 0 Å². The minimum Gasteiger partial charge on any atom is -0.480 e. The van der Waals surface area contributed by atoms with Crippen LogP contribution in [0.2, 0.25) is 0 Å². The molecule has 0 radical (unpaired) electrons. The first-order valence-corrected chi connectivity index (χ1v) is 7.58. The van der Waals surface area contributed by atoms with Gasteiger partial charge in [-0.3, -0.25) is 0 Å². The number of carboxylic acid groups (broad SMARTS) is 1. The van der Waals surface area contributed by atoms with Crippen molar-refractivity contribution in [3.05, 3.63) is 0 Å². The molecule has 21 heavy (non-hydrogen) atoms. The van der Waals surface area contributed by atoms with E-state index in [1.54, 1.807) is 0 Å². The molecule has 0 bridgehead atoms. The zero-order chi connectivity index (χ0) is 15.2. The van der Waals surface area contributed by atoms with E-state index in [9.17, 15) is 14.7 Å². The molecule has 2 aliphatic heterocycles. The van der Waals surface area contributed by atoms with Crippen molar-refractivity contribution in [2.45, 2.75) is 38.3 Å². The molecular weight excluding hydrogens is 276 g/mol. The van der Waals surface area contributed by atoms with Gasteiger partial charge in [0.15, 0.2) is 0 Å². The Labute approximate surface area is 124 Å². The van der Waals surface area contributed by atoms with Gasteiger partial charge in [0.2, 0.25) is 0 Å². The number of nitrogens with one attached hydrogen (secondary N) is 1. The smallest absolute Gasteiger partial charge is 0.326 e. The van der Waals surface area contributed by atoms with E-state index < -0.39 is 12.0 Å². The van der Waals surface area contributed by atoms with Gasteiger partial charge in [-0.1, -0.05) is 13.3 Å². The lowest BCUT2D eigenvalue weighted by Gasteiger charge is -2.37. The van der Waals surface area contributed by atoms with Gasteiger partial charge in [-0.2, -0.15) is 0 Å². The number of carboxylic acids is 1. The maximum Gasteiger partial charge on any atom is 0.326 e. The molecule has 0 aromatic rings. The first-order valence-electron chi connectivity index (χ1n) is 7.58. The van der Waals surface area contributed by atoms with Crippen LogP contribution in [0.4, 0.5) is 4.79 Å². The maximum absolute atomic E-state index is 12.2. The van der Waals surface area contributed by atoms with Crippen molar-refractivity contribution in [2.75, 3.05) is 32.9 Å². The number of carbonyl (C=O) groups is 2. The molecule has 2 rings (SSSR count). The number of piperidine rings is 1. The third-order valence-corrected chi connectivity index (χ3v) is 4.20. The molecule has 2 fully saturated rings. The third kappa shape index (κ3) is 4.31. The molecule has 0 aromatic heterocycles. The molecule has 0 aromatic carbocycles. The fourth-order valence-electron chi connectivity index (χ4n) is 2.84. The minimum absolute atomic E-state index is 0.154. The molecule has 0 saturated carbocycles. The normalized spacial score (nSPS) is 30.0. The van der Waals surface area contributed by atoms with Crippen LogP contribution in [0.25, 0.3) is 0 Å². The van der Waals surface area contributed by atoms with Gasteiger partial charge in [-0.05, 0) is 18.8 Å². The zero-order valence-corrected chi connectivity index (χ0v) is 12.4. The van der Waals surface area contributed by atoms with Gasteiger partial charge in [0.1, 0.15) is 6.04 Å².